The van der Waals surface area contributed by atoms with Crippen molar-refractivity contribution in [3.8, 4) is 0 Å². The van der Waals surface area contributed by atoms with Gasteiger partial charge in [-0.1, -0.05) is 18.2 Å². The molecule has 0 bridgehead atoms. The number of carbonyl (C=O) groups excluding carboxylic acids is 2. The number of nitrogens with zero attached hydrogens (tertiary/aromatic N) is 4. The molecule has 7 nitrogen and oxygen atoms in total. The fourth-order valence-corrected chi connectivity index (χ4v) is 3.94. The Morgan fingerprint density at radius 1 is 1.10 bits per heavy atom. The first-order valence-electron chi connectivity index (χ1n) is 10.1. The zero-order chi connectivity index (χ0) is 20.4. The van der Waals surface area contributed by atoms with Crippen LogP contribution in [0.4, 0.5) is 4.39 Å². The van der Waals surface area contributed by atoms with Crippen LogP contribution in [0.5, 0.6) is 0 Å². The Bertz CT molecular complexity index is 918. The fourth-order valence-electron chi connectivity index (χ4n) is 3.94. The van der Waals surface area contributed by atoms with Gasteiger partial charge in [0.15, 0.2) is 5.82 Å². The van der Waals surface area contributed by atoms with Crippen LogP contribution >= 0.6 is 0 Å². The first-order valence-corrected chi connectivity index (χ1v) is 10.1. The van der Waals surface area contributed by atoms with E-state index >= 15 is 0 Å². The highest BCUT2D eigenvalue weighted by atomic mass is 19.1. The Labute approximate surface area is 169 Å². The highest BCUT2D eigenvalue weighted by molar-refractivity contribution is 5.97. The molecule has 29 heavy (non-hydrogen) atoms. The van der Waals surface area contributed by atoms with Gasteiger partial charge in [-0.2, -0.15) is 0 Å². The number of aromatic nitrogens is 2. The topological polar surface area (TPSA) is 70.5 Å². The molecular formula is C21H26FN5O2. The normalized spacial score (nSPS) is 17.1. The predicted molar refractivity (Wildman–Crippen MR) is 106 cm³/mol. The largest absolute Gasteiger partial charge is 0.345 e. The van der Waals surface area contributed by atoms with Crippen LogP contribution in [0.3, 0.4) is 0 Å². The molecule has 2 amide bonds. The summed E-state index contributed by atoms with van der Waals surface area (Å²) in [5.74, 6) is -0.594. The SMILES string of the molecule is CN1CCN(C(=O)c2nc(C(=O)NCc3ccccc3F)n3c2CCCC3)CC1. The highest BCUT2D eigenvalue weighted by Crippen LogP contribution is 2.23. The van der Waals surface area contributed by atoms with E-state index in [0.29, 0.717) is 30.9 Å². The zero-order valence-corrected chi connectivity index (χ0v) is 16.7. The van der Waals surface area contributed by atoms with Gasteiger partial charge in [0.25, 0.3) is 11.8 Å². The van der Waals surface area contributed by atoms with Crippen molar-refractivity contribution >= 4 is 11.8 Å². The van der Waals surface area contributed by atoms with Gasteiger partial charge >= 0.3 is 0 Å². The summed E-state index contributed by atoms with van der Waals surface area (Å²) in [7, 11) is 2.04. The molecular weight excluding hydrogens is 373 g/mol. The van der Waals surface area contributed by atoms with E-state index in [0.717, 1.165) is 38.0 Å². The third-order valence-corrected chi connectivity index (χ3v) is 5.71. The number of nitrogens with one attached hydrogen (secondary N) is 1. The average molecular weight is 399 g/mol. The number of rotatable bonds is 4. The third-order valence-electron chi connectivity index (χ3n) is 5.71. The molecule has 1 aromatic heterocycles. The van der Waals surface area contributed by atoms with Gasteiger partial charge in [-0.3, -0.25) is 9.59 Å². The minimum absolute atomic E-state index is 0.0788. The molecule has 0 atom stereocenters. The van der Waals surface area contributed by atoms with Gasteiger partial charge < -0.3 is 19.7 Å². The zero-order valence-electron chi connectivity index (χ0n) is 16.7. The number of fused-ring (bicyclic) bond motifs is 1. The van der Waals surface area contributed by atoms with Crippen LogP contribution in [-0.2, 0) is 19.5 Å². The molecule has 2 aliphatic rings. The van der Waals surface area contributed by atoms with E-state index in [2.05, 4.69) is 15.2 Å². The van der Waals surface area contributed by atoms with Crippen molar-refractivity contribution in [2.24, 2.45) is 0 Å². The molecule has 0 spiro atoms. The summed E-state index contributed by atoms with van der Waals surface area (Å²) in [6.45, 7) is 3.73. The summed E-state index contributed by atoms with van der Waals surface area (Å²) in [5.41, 5.74) is 1.65. The van der Waals surface area contributed by atoms with Crippen molar-refractivity contribution in [3.63, 3.8) is 0 Å². The van der Waals surface area contributed by atoms with Gasteiger partial charge in [0.2, 0.25) is 0 Å². The number of likely N-dealkylation sites (N-methyl/N-ethyl adjacent to an activating group) is 1. The number of amides is 2. The Morgan fingerprint density at radius 3 is 2.62 bits per heavy atom. The Kier molecular flexibility index (Phi) is 5.62. The third kappa shape index (κ3) is 4.03. The lowest BCUT2D eigenvalue weighted by atomic mass is 10.1. The van der Waals surface area contributed by atoms with Crippen LogP contribution in [0.1, 0.15) is 45.2 Å². The van der Waals surface area contributed by atoms with Gasteiger partial charge in [0, 0.05) is 44.8 Å². The Balaban J connectivity index is 1.55. The number of hydrogen-bond acceptors (Lipinski definition) is 4. The lowest BCUT2D eigenvalue weighted by molar-refractivity contribution is 0.0657. The van der Waals surface area contributed by atoms with Gasteiger partial charge in [0.05, 0.1) is 5.69 Å². The second kappa shape index (κ2) is 8.32. The van der Waals surface area contributed by atoms with Crippen LogP contribution in [0, 0.1) is 5.82 Å². The van der Waals surface area contributed by atoms with Crippen molar-refractivity contribution in [1.82, 2.24) is 24.7 Å². The van der Waals surface area contributed by atoms with E-state index in [1.165, 1.54) is 6.07 Å². The minimum Gasteiger partial charge on any atom is -0.345 e. The van der Waals surface area contributed by atoms with Crippen LogP contribution in [0.25, 0.3) is 0 Å². The quantitative estimate of drug-likeness (QED) is 0.849. The van der Waals surface area contributed by atoms with Gasteiger partial charge in [0.1, 0.15) is 11.5 Å². The fraction of sp³-hybridized carbons (Fsp3) is 0.476. The van der Waals surface area contributed by atoms with E-state index in [-0.39, 0.29) is 30.0 Å². The average Bonchev–Trinajstić information content (AvgIpc) is 3.13. The van der Waals surface area contributed by atoms with E-state index in [1.54, 1.807) is 18.2 Å². The number of benzene rings is 1. The van der Waals surface area contributed by atoms with Crippen molar-refractivity contribution in [2.75, 3.05) is 33.2 Å². The molecule has 3 heterocycles. The molecule has 1 aromatic carbocycles. The molecule has 1 N–H and O–H groups in total. The van der Waals surface area contributed by atoms with Crippen molar-refractivity contribution in [1.29, 1.82) is 0 Å². The van der Waals surface area contributed by atoms with Gasteiger partial charge in [-0.25, -0.2) is 9.37 Å². The minimum atomic E-state index is -0.381. The van der Waals surface area contributed by atoms with E-state index in [1.807, 2.05) is 16.5 Å². The lowest BCUT2D eigenvalue weighted by Gasteiger charge is -2.32. The number of carbonyl (C=O) groups is 2. The summed E-state index contributed by atoms with van der Waals surface area (Å²) in [4.78, 5) is 34.4. The summed E-state index contributed by atoms with van der Waals surface area (Å²) < 4.78 is 15.7. The maximum atomic E-state index is 13.8. The highest BCUT2D eigenvalue weighted by Gasteiger charge is 2.30. The number of imidazole rings is 1. The summed E-state index contributed by atoms with van der Waals surface area (Å²) in [6.07, 6.45) is 2.66. The molecule has 0 aliphatic carbocycles. The molecule has 4 rings (SSSR count). The molecule has 0 radical (unpaired) electrons. The molecule has 2 aliphatic heterocycles. The number of hydrogen-bond donors (Lipinski definition) is 1. The van der Waals surface area contributed by atoms with Crippen molar-refractivity contribution < 1.29 is 14.0 Å². The summed E-state index contributed by atoms with van der Waals surface area (Å²) in [6, 6.07) is 6.35. The molecule has 2 aromatic rings. The van der Waals surface area contributed by atoms with Gasteiger partial charge in [-0.05, 0) is 32.4 Å². The maximum absolute atomic E-state index is 13.8. The Morgan fingerprint density at radius 2 is 1.86 bits per heavy atom. The van der Waals surface area contributed by atoms with Crippen LogP contribution < -0.4 is 5.32 Å². The molecule has 0 unspecified atom stereocenters. The summed E-state index contributed by atoms with van der Waals surface area (Å²) in [5, 5.41) is 2.75. The summed E-state index contributed by atoms with van der Waals surface area (Å²) >= 11 is 0. The smallest absolute Gasteiger partial charge is 0.287 e. The monoisotopic (exact) mass is 399 g/mol. The lowest BCUT2D eigenvalue weighted by Crippen LogP contribution is -2.47. The molecule has 154 valence electrons. The molecule has 1 saturated heterocycles. The van der Waals surface area contributed by atoms with Gasteiger partial charge in [-0.15, -0.1) is 0 Å². The standard InChI is InChI=1S/C21H26FN5O2/c1-25-10-12-26(13-11-25)21(29)18-17-8-4-5-9-27(17)19(24-18)20(28)23-14-15-6-2-3-7-16(15)22/h2-3,6-7H,4-5,8-14H2,1H3,(H,23,28). The predicted octanol–water partition coefficient (Wildman–Crippen LogP) is 1.68. The van der Waals surface area contributed by atoms with E-state index < -0.39 is 0 Å². The van der Waals surface area contributed by atoms with Crippen LogP contribution in [0.15, 0.2) is 24.3 Å². The molecule has 1 fully saturated rings. The van der Waals surface area contributed by atoms with E-state index in [9.17, 15) is 14.0 Å². The maximum Gasteiger partial charge on any atom is 0.287 e. The number of halogens is 1. The first kappa shape index (κ1) is 19.6. The molecule has 8 heteroatoms. The van der Waals surface area contributed by atoms with E-state index in [4.69, 9.17) is 0 Å². The Hall–Kier alpha value is -2.74. The second-order valence-electron chi connectivity index (χ2n) is 7.71. The van der Waals surface area contributed by atoms with Crippen molar-refractivity contribution in [3.05, 3.63) is 52.9 Å². The first-order chi connectivity index (χ1) is 14.0. The van der Waals surface area contributed by atoms with Crippen LogP contribution in [0.2, 0.25) is 0 Å². The van der Waals surface area contributed by atoms with Crippen LogP contribution in [-0.4, -0.2) is 64.4 Å². The second-order valence-corrected chi connectivity index (χ2v) is 7.71. The van der Waals surface area contributed by atoms with Crippen molar-refractivity contribution in [2.45, 2.75) is 32.4 Å². The number of piperazine rings is 1. The molecule has 0 saturated carbocycles.